The van der Waals surface area contributed by atoms with Crippen molar-refractivity contribution in [1.29, 1.82) is 0 Å². The third-order valence-corrected chi connectivity index (χ3v) is 6.17. The molecule has 2 aromatic carbocycles. The molecule has 4 rings (SSSR count). The van der Waals surface area contributed by atoms with Crippen molar-refractivity contribution in [2.75, 3.05) is 44.3 Å². The molecular weight excluding hydrogens is 372 g/mol. The molecule has 1 saturated heterocycles. The highest BCUT2D eigenvalue weighted by molar-refractivity contribution is 8.00. The van der Waals surface area contributed by atoms with Gasteiger partial charge in [-0.1, -0.05) is 18.2 Å². The molecule has 1 amide bonds. The summed E-state index contributed by atoms with van der Waals surface area (Å²) in [5.41, 5.74) is 1.23. The first kappa shape index (κ1) is 19.0. The number of anilines is 1. The number of thioether (sulfide) groups is 1. The number of carbonyl (C=O) groups is 1. The summed E-state index contributed by atoms with van der Waals surface area (Å²) in [7, 11) is 0. The van der Waals surface area contributed by atoms with E-state index in [0.717, 1.165) is 49.0 Å². The topological polar surface area (TPSA) is 42.0 Å². The average molecular weight is 399 g/mol. The Kier molecular flexibility index (Phi) is 5.95. The SMILES string of the molecule is CC(Sc1ccc2c(c1)OCCCO2)C(=O)N1CCN(c2ccccc2)CC1. The summed E-state index contributed by atoms with van der Waals surface area (Å²) >= 11 is 1.58. The molecule has 2 heterocycles. The van der Waals surface area contributed by atoms with E-state index < -0.39 is 0 Å². The highest BCUT2D eigenvalue weighted by Gasteiger charge is 2.26. The van der Waals surface area contributed by atoms with Crippen molar-refractivity contribution in [3.05, 3.63) is 48.5 Å². The van der Waals surface area contributed by atoms with Gasteiger partial charge in [-0.2, -0.15) is 0 Å². The number of hydrogen-bond acceptors (Lipinski definition) is 5. The summed E-state index contributed by atoms with van der Waals surface area (Å²) in [5, 5.41) is -0.131. The molecule has 2 aromatic rings. The van der Waals surface area contributed by atoms with Crippen molar-refractivity contribution in [2.45, 2.75) is 23.5 Å². The Morgan fingerprint density at radius 1 is 0.964 bits per heavy atom. The molecule has 2 aliphatic rings. The molecule has 0 saturated carbocycles. The summed E-state index contributed by atoms with van der Waals surface area (Å²) in [6.45, 7) is 6.61. The Morgan fingerprint density at radius 3 is 2.43 bits per heavy atom. The quantitative estimate of drug-likeness (QED) is 0.735. The number of carbonyl (C=O) groups excluding carboxylic acids is 1. The lowest BCUT2D eigenvalue weighted by Crippen LogP contribution is -2.50. The molecule has 1 unspecified atom stereocenters. The largest absolute Gasteiger partial charge is 0.490 e. The number of amides is 1. The minimum absolute atomic E-state index is 0.131. The minimum Gasteiger partial charge on any atom is -0.490 e. The Bertz CT molecular complexity index is 807. The maximum absolute atomic E-state index is 12.9. The summed E-state index contributed by atoms with van der Waals surface area (Å²) in [6.07, 6.45) is 0.890. The molecule has 0 N–H and O–H groups in total. The average Bonchev–Trinajstić information content (AvgIpc) is 2.99. The number of nitrogens with zero attached hydrogens (tertiary/aromatic N) is 2. The second-order valence-corrected chi connectivity index (χ2v) is 8.48. The van der Waals surface area contributed by atoms with Gasteiger partial charge in [0.15, 0.2) is 11.5 Å². The molecule has 1 fully saturated rings. The monoisotopic (exact) mass is 398 g/mol. The zero-order chi connectivity index (χ0) is 19.3. The van der Waals surface area contributed by atoms with Crippen LogP contribution in [-0.2, 0) is 4.79 Å². The Balaban J connectivity index is 1.33. The normalized spacial score (nSPS) is 17.8. The first-order valence-electron chi connectivity index (χ1n) is 9.86. The maximum Gasteiger partial charge on any atom is 0.235 e. The lowest BCUT2D eigenvalue weighted by molar-refractivity contribution is -0.130. The summed E-state index contributed by atoms with van der Waals surface area (Å²) in [5.74, 6) is 1.77. The van der Waals surface area contributed by atoms with Crippen LogP contribution in [0.15, 0.2) is 53.4 Å². The van der Waals surface area contributed by atoms with E-state index in [1.165, 1.54) is 5.69 Å². The van der Waals surface area contributed by atoms with Crippen LogP contribution in [0.25, 0.3) is 0 Å². The van der Waals surface area contributed by atoms with Crippen molar-refractivity contribution in [3.63, 3.8) is 0 Å². The molecule has 28 heavy (non-hydrogen) atoms. The van der Waals surface area contributed by atoms with E-state index in [9.17, 15) is 4.79 Å². The predicted octanol–water partition coefficient (Wildman–Crippen LogP) is 3.68. The first-order valence-corrected chi connectivity index (χ1v) is 10.7. The zero-order valence-corrected chi connectivity index (χ0v) is 17.0. The summed E-state index contributed by atoms with van der Waals surface area (Å²) in [4.78, 5) is 18.3. The zero-order valence-electron chi connectivity index (χ0n) is 16.2. The number of hydrogen-bond donors (Lipinski definition) is 0. The molecular formula is C22H26N2O3S. The molecule has 0 spiro atoms. The van der Waals surface area contributed by atoms with Gasteiger partial charge in [0.25, 0.3) is 0 Å². The molecule has 0 bridgehead atoms. The van der Waals surface area contributed by atoms with Gasteiger partial charge < -0.3 is 19.3 Å². The molecule has 6 heteroatoms. The van der Waals surface area contributed by atoms with Gasteiger partial charge in [0.05, 0.1) is 18.5 Å². The van der Waals surface area contributed by atoms with Crippen LogP contribution in [0.5, 0.6) is 11.5 Å². The number of benzene rings is 2. The van der Waals surface area contributed by atoms with E-state index in [2.05, 4.69) is 29.2 Å². The fraction of sp³-hybridized carbons (Fsp3) is 0.409. The first-order chi connectivity index (χ1) is 13.7. The fourth-order valence-electron chi connectivity index (χ4n) is 3.55. The number of rotatable bonds is 4. The van der Waals surface area contributed by atoms with Crippen LogP contribution in [0.3, 0.4) is 0 Å². The Hall–Kier alpha value is -2.34. The van der Waals surface area contributed by atoms with Gasteiger partial charge in [-0.15, -0.1) is 11.8 Å². The van der Waals surface area contributed by atoms with Gasteiger partial charge in [-0.05, 0) is 37.3 Å². The van der Waals surface area contributed by atoms with Gasteiger partial charge in [0.2, 0.25) is 5.91 Å². The van der Waals surface area contributed by atoms with Gasteiger partial charge in [-0.25, -0.2) is 0 Å². The van der Waals surface area contributed by atoms with Crippen LogP contribution in [0.2, 0.25) is 0 Å². The van der Waals surface area contributed by atoms with Crippen LogP contribution in [0, 0.1) is 0 Å². The summed E-state index contributed by atoms with van der Waals surface area (Å²) in [6, 6.07) is 16.3. The molecule has 0 aromatic heterocycles. The molecule has 5 nitrogen and oxygen atoms in total. The van der Waals surface area contributed by atoms with E-state index in [-0.39, 0.29) is 11.2 Å². The molecule has 1 atom stereocenters. The standard InChI is InChI=1S/C22H26N2O3S/c1-17(28-19-8-9-20-21(16-19)27-15-5-14-26-20)22(25)24-12-10-23(11-13-24)18-6-3-2-4-7-18/h2-4,6-9,16-17H,5,10-15H2,1H3. The molecule has 148 valence electrons. The van der Waals surface area contributed by atoms with E-state index in [4.69, 9.17) is 9.47 Å². The van der Waals surface area contributed by atoms with E-state index in [1.807, 2.05) is 36.1 Å². The highest BCUT2D eigenvalue weighted by Crippen LogP contribution is 2.35. The van der Waals surface area contributed by atoms with E-state index in [1.54, 1.807) is 11.8 Å². The second kappa shape index (κ2) is 8.78. The van der Waals surface area contributed by atoms with Crippen molar-refractivity contribution in [3.8, 4) is 11.5 Å². The van der Waals surface area contributed by atoms with E-state index >= 15 is 0 Å². The Labute approximate surface area is 170 Å². The van der Waals surface area contributed by atoms with Crippen LogP contribution in [0.4, 0.5) is 5.69 Å². The van der Waals surface area contributed by atoms with Crippen LogP contribution < -0.4 is 14.4 Å². The van der Waals surface area contributed by atoms with Gasteiger partial charge in [0, 0.05) is 43.2 Å². The summed E-state index contributed by atoms with van der Waals surface area (Å²) < 4.78 is 11.4. The molecule has 0 radical (unpaired) electrons. The van der Waals surface area contributed by atoms with Crippen molar-refractivity contribution < 1.29 is 14.3 Å². The van der Waals surface area contributed by atoms with Gasteiger partial charge in [0.1, 0.15) is 0 Å². The predicted molar refractivity (Wildman–Crippen MR) is 113 cm³/mol. The van der Waals surface area contributed by atoms with Crippen molar-refractivity contribution in [1.82, 2.24) is 4.90 Å². The van der Waals surface area contributed by atoms with Crippen LogP contribution in [0.1, 0.15) is 13.3 Å². The Morgan fingerprint density at radius 2 is 1.68 bits per heavy atom. The maximum atomic E-state index is 12.9. The van der Waals surface area contributed by atoms with Gasteiger partial charge >= 0.3 is 0 Å². The van der Waals surface area contributed by atoms with Crippen molar-refractivity contribution in [2.24, 2.45) is 0 Å². The number of ether oxygens (including phenoxy) is 2. The molecule has 2 aliphatic heterocycles. The second-order valence-electron chi connectivity index (χ2n) is 7.07. The smallest absolute Gasteiger partial charge is 0.235 e. The minimum atomic E-state index is -0.131. The van der Waals surface area contributed by atoms with Crippen molar-refractivity contribution >= 4 is 23.4 Å². The number of piperazine rings is 1. The lowest BCUT2D eigenvalue weighted by atomic mass is 10.2. The number of fused-ring (bicyclic) bond motifs is 1. The third kappa shape index (κ3) is 4.38. The molecule has 0 aliphatic carbocycles. The van der Waals surface area contributed by atoms with Gasteiger partial charge in [-0.3, -0.25) is 4.79 Å². The van der Waals surface area contributed by atoms with E-state index in [0.29, 0.717) is 13.2 Å². The third-order valence-electron chi connectivity index (χ3n) is 5.09. The number of para-hydroxylation sites is 1. The highest BCUT2D eigenvalue weighted by atomic mass is 32.2. The lowest BCUT2D eigenvalue weighted by Gasteiger charge is -2.37. The van der Waals surface area contributed by atoms with Crippen LogP contribution in [-0.4, -0.2) is 55.4 Å². The van der Waals surface area contributed by atoms with Crippen LogP contribution >= 0.6 is 11.8 Å². The fourth-order valence-corrected chi connectivity index (χ4v) is 4.53.